The fourth-order valence-corrected chi connectivity index (χ4v) is 4.91. The van der Waals surface area contributed by atoms with Crippen molar-refractivity contribution in [3.63, 3.8) is 0 Å². The van der Waals surface area contributed by atoms with Gasteiger partial charge in [-0.05, 0) is 32.9 Å². The maximum Gasteiger partial charge on any atom is 0.326 e. The Morgan fingerprint density at radius 3 is 2.96 bits per heavy atom. The lowest BCUT2D eigenvalue weighted by atomic mass is 10.0. The molecule has 0 aliphatic carbocycles. The van der Waals surface area contributed by atoms with Crippen molar-refractivity contribution in [3.8, 4) is 0 Å². The highest BCUT2D eigenvalue weighted by Crippen LogP contribution is 2.45. The van der Waals surface area contributed by atoms with Crippen molar-refractivity contribution < 1.29 is 14.4 Å². The summed E-state index contributed by atoms with van der Waals surface area (Å²) in [7, 11) is 1.74. The molecule has 4 amide bonds. The average Bonchev–Trinajstić information content (AvgIpc) is 3.08. The molecule has 4 rings (SSSR count). The van der Waals surface area contributed by atoms with Gasteiger partial charge in [0.1, 0.15) is 9.71 Å². The average molecular weight is 402 g/mol. The Morgan fingerprint density at radius 1 is 1.46 bits per heavy atom. The van der Waals surface area contributed by atoms with Crippen LogP contribution in [0.2, 0.25) is 0 Å². The number of piperidine rings is 1. The minimum atomic E-state index is -0.587. The summed E-state index contributed by atoms with van der Waals surface area (Å²) in [5.41, 5.74) is 6.75. The first-order chi connectivity index (χ1) is 13.4. The molecule has 1 saturated heterocycles. The largest absolute Gasteiger partial charge is 0.365 e. The molecule has 0 bridgehead atoms. The molecule has 2 aromatic heterocycles. The molecule has 10 heteroatoms. The second-order valence-corrected chi connectivity index (χ2v) is 8.07. The maximum atomic E-state index is 13.0. The molecule has 4 heterocycles. The molecule has 4 N–H and O–H groups in total. The van der Waals surface area contributed by atoms with Crippen LogP contribution in [-0.2, 0) is 4.79 Å². The zero-order valence-electron chi connectivity index (χ0n) is 15.7. The quantitative estimate of drug-likeness (QED) is 0.713. The normalized spacial score (nSPS) is 20.2. The number of nitrogens with two attached hydrogens (primary N) is 1. The lowest BCUT2D eigenvalue weighted by Crippen LogP contribution is -2.56. The Bertz CT molecular complexity index is 974. The monoisotopic (exact) mass is 402 g/mol. The Kier molecular flexibility index (Phi) is 4.68. The molecule has 0 spiro atoms. The van der Waals surface area contributed by atoms with Crippen LogP contribution in [0.4, 0.5) is 16.2 Å². The maximum absolute atomic E-state index is 13.0. The number of nitrogens with one attached hydrogen (secondary N) is 2. The highest BCUT2D eigenvalue weighted by Gasteiger charge is 2.39. The number of aromatic nitrogens is 1. The Labute approximate surface area is 165 Å². The van der Waals surface area contributed by atoms with Crippen LogP contribution in [-0.4, -0.2) is 60.0 Å². The number of hydrogen-bond acceptors (Lipinski definition) is 6. The van der Waals surface area contributed by atoms with Crippen LogP contribution in [0.25, 0.3) is 10.2 Å². The highest BCUT2D eigenvalue weighted by molar-refractivity contribution is 7.21. The number of carbonyl (C=O) groups is 3. The molecule has 2 atom stereocenters. The van der Waals surface area contributed by atoms with E-state index >= 15 is 0 Å². The first-order valence-corrected chi connectivity index (χ1v) is 10.0. The topological polar surface area (TPSA) is 121 Å². The molecule has 0 radical (unpaired) electrons. The summed E-state index contributed by atoms with van der Waals surface area (Å²) >= 11 is 1.19. The van der Waals surface area contributed by atoms with Crippen molar-refractivity contribution >= 4 is 50.8 Å². The molecule has 148 valence electrons. The standard InChI is InChI=1S/C18H22N6O3S/c1-9(20-2)17(26)23-7-3-4-10(8-23)24-13-12-11(22-18(24)27)5-6-21-16(12)28-14(13)15(19)25/h5-6,9-10,20H,3-4,7-8H2,1-2H3,(H2,19,25)(H,22,27)/t9-,10-/m1/s1. The fourth-order valence-electron chi connectivity index (χ4n) is 3.90. The minimum absolute atomic E-state index is 0.00252. The number of likely N-dealkylation sites (tertiary alicyclic amines) is 1. The molecule has 0 saturated carbocycles. The van der Waals surface area contributed by atoms with Crippen molar-refractivity contribution in [1.82, 2.24) is 15.2 Å². The Hall–Kier alpha value is -2.72. The van der Waals surface area contributed by atoms with Gasteiger partial charge in [0.25, 0.3) is 5.91 Å². The van der Waals surface area contributed by atoms with Crippen molar-refractivity contribution in [2.45, 2.75) is 31.8 Å². The van der Waals surface area contributed by atoms with Crippen LogP contribution in [0, 0.1) is 0 Å². The van der Waals surface area contributed by atoms with Gasteiger partial charge in [0.05, 0.1) is 28.8 Å². The second-order valence-electron chi connectivity index (χ2n) is 7.07. The van der Waals surface area contributed by atoms with Gasteiger partial charge in [0.2, 0.25) is 5.91 Å². The molecule has 28 heavy (non-hydrogen) atoms. The summed E-state index contributed by atoms with van der Waals surface area (Å²) < 4.78 is 0. The number of hydrogen-bond donors (Lipinski definition) is 3. The van der Waals surface area contributed by atoms with Gasteiger partial charge in [-0.3, -0.25) is 14.5 Å². The Morgan fingerprint density at radius 2 is 2.25 bits per heavy atom. The summed E-state index contributed by atoms with van der Waals surface area (Å²) in [5, 5.41) is 6.58. The van der Waals surface area contributed by atoms with Crippen molar-refractivity contribution in [1.29, 1.82) is 0 Å². The first-order valence-electron chi connectivity index (χ1n) is 9.20. The van der Waals surface area contributed by atoms with E-state index in [2.05, 4.69) is 15.6 Å². The van der Waals surface area contributed by atoms with E-state index in [0.717, 1.165) is 18.2 Å². The number of anilines is 2. The van der Waals surface area contributed by atoms with Gasteiger partial charge < -0.3 is 21.3 Å². The number of urea groups is 1. The summed E-state index contributed by atoms with van der Waals surface area (Å²) in [4.78, 5) is 46.3. The van der Waals surface area contributed by atoms with Gasteiger partial charge in [0, 0.05) is 19.3 Å². The van der Waals surface area contributed by atoms with E-state index in [0.29, 0.717) is 34.2 Å². The predicted octanol–water partition coefficient (Wildman–Crippen LogP) is 1.35. The minimum Gasteiger partial charge on any atom is -0.365 e. The summed E-state index contributed by atoms with van der Waals surface area (Å²) in [5.74, 6) is -0.589. The molecule has 0 aromatic carbocycles. The molecule has 1 fully saturated rings. The molecule has 2 aliphatic heterocycles. The third kappa shape index (κ3) is 2.89. The van der Waals surface area contributed by atoms with Gasteiger partial charge in [0.15, 0.2) is 0 Å². The fraction of sp³-hybridized carbons (Fsp3) is 0.444. The second kappa shape index (κ2) is 7.02. The summed E-state index contributed by atoms with van der Waals surface area (Å²) in [6, 6.07) is 0.852. The highest BCUT2D eigenvalue weighted by atomic mass is 32.1. The van der Waals surface area contributed by atoms with Crippen molar-refractivity contribution in [2.24, 2.45) is 5.73 Å². The van der Waals surface area contributed by atoms with Crippen LogP contribution in [0.15, 0.2) is 12.3 Å². The number of likely N-dealkylation sites (N-methyl/N-ethyl adjacent to an activating group) is 1. The lowest BCUT2D eigenvalue weighted by Gasteiger charge is -2.41. The Balaban J connectivity index is 1.75. The zero-order valence-corrected chi connectivity index (χ0v) is 16.5. The van der Waals surface area contributed by atoms with E-state index in [-0.39, 0.29) is 24.0 Å². The van der Waals surface area contributed by atoms with Crippen molar-refractivity contribution in [3.05, 3.63) is 17.1 Å². The predicted molar refractivity (Wildman–Crippen MR) is 108 cm³/mol. The molecule has 0 unspecified atom stereocenters. The molecular formula is C18H22N6O3S. The molecule has 9 nitrogen and oxygen atoms in total. The van der Waals surface area contributed by atoms with E-state index in [9.17, 15) is 14.4 Å². The zero-order chi connectivity index (χ0) is 20.0. The third-order valence-electron chi connectivity index (χ3n) is 5.37. The summed E-state index contributed by atoms with van der Waals surface area (Å²) in [6.07, 6.45) is 3.10. The van der Waals surface area contributed by atoms with E-state index in [1.807, 2.05) is 6.92 Å². The number of rotatable bonds is 4. The smallest absolute Gasteiger partial charge is 0.326 e. The van der Waals surface area contributed by atoms with Crippen LogP contribution >= 0.6 is 11.3 Å². The van der Waals surface area contributed by atoms with Gasteiger partial charge in [-0.15, -0.1) is 11.3 Å². The van der Waals surface area contributed by atoms with E-state index in [1.54, 1.807) is 29.1 Å². The van der Waals surface area contributed by atoms with E-state index < -0.39 is 5.91 Å². The van der Waals surface area contributed by atoms with Crippen LogP contribution < -0.4 is 21.3 Å². The SMILES string of the molecule is CN[C@H](C)C(=O)N1CCC[C@@H](N2C(=O)Nc3ccnc4sc(C(N)=O)c2c34)C1. The summed E-state index contributed by atoms with van der Waals surface area (Å²) in [6.45, 7) is 2.87. The van der Waals surface area contributed by atoms with Gasteiger partial charge >= 0.3 is 6.03 Å². The van der Waals surface area contributed by atoms with Crippen LogP contribution in [0.1, 0.15) is 29.4 Å². The van der Waals surface area contributed by atoms with Crippen LogP contribution in [0.5, 0.6) is 0 Å². The number of thiophene rings is 1. The number of amides is 4. The lowest BCUT2D eigenvalue weighted by molar-refractivity contribution is -0.134. The first kappa shape index (κ1) is 18.6. The molecule has 2 aliphatic rings. The van der Waals surface area contributed by atoms with E-state index in [1.165, 1.54) is 11.3 Å². The molecular weight excluding hydrogens is 380 g/mol. The third-order valence-corrected chi connectivity index (χ3v) is 6.47. The van der Waals surface area contributed by atoms with Gasteiger partial charge in [-0.25, -0.2) is 9.78 Å². The van der Waals surface area contributed by atoms with Crippen LogP contribution in [0.3, 0.4) is 0 Å². The van der Waals surface area contributed by atoms with Gasteiger partial charge in [-0.1, -0.05) is 0 Å². The number of primary amides is 1. The molecule has 2 aromatic rings. The van der Waals surface area contributed by atoms with Crippen molar-refractivity contribution in [2.75, 3.05) is 30.4 Å². The number of nitrogens with zero attached hydrogens (tertiary/aromatic N) is 3. The van der Waals surface area contributed by atoms with Gasteiger partial charge in [-0.2, -0.15) is 0 Å². The van der Waals surface area contributed by atoms with E-state index in [4.69, 9.17) is 5.73 Å². The number of carbonyl (C=O) groups excluding carboxylic acids is 3. The number of pyridine rings is 1.